The fraction of sp³-hybridized carbons (Fsp3) is 0.458. The van der Waals surface area contributed by atoms with Crippen molar-refractivity contribution < 1.29 is 18.0 Å². The highest BCUT2D eigenvalue weighted by Crippen LogP contribution is 2.39. The van der Waals surface area contributed by atoms with Crippen molar-refractivity contribution in [1.29, 1.82) is 0 Å². The summed E-state index contributed by atoms with van der Waals surface area (Å²) in [5.74, 6) is 0.381. The second-order valence-corrected chi connectivity index (χ2v) is 8.97. The van der Waals surface area contributed by atoms with E-state index in [0.717, 1.165) is 42.8 Å². The van der Waals surface area contributed by atoms with Crippen LogP contribution in [-0.2, 0) is 6.18 Å². The normalized spacial score (nSPS) is 20.5. The Labute approximate surface area is 186 Å². The van der Waals surface area contributed by atoms with Gasteiger partial charge < -0.3 is 10.2 Å². The zero-order valence-corrected chi connectivity index (χ0v) is 18.5. The van der Waals surface area contributed by atoms with Crippen LogP contribution in [0.5, 0.6) is 0 Å². The van der Waals surface area contributed by atoms with E-state index in [4.69, 9.17) is 11.6 Å². The van der Waals surface area contributed by atoms with Crippen molar-refractivity contribution >= 4 is 17.5 Å². The number of nitrogens with zero attached hydrogens (tertiary/aromatic N) is 1. The van der Waals surface area contributed by atoms with Gasteiger partial charge >= 0.3 is 6.18 Å². The molecule has 1 amide bonds. The lowest BCUT2D eigenvalue weighted by atomic mass is 9.76. The largest absolute Gasteiger partial charge is 0.416 e. The molecule has 1 saturated carbocycles. The Balaban J connectivity index is 1.54. The summed E-state index contributed by atoms with van der Waals surface area (Å²) in [5, 5.41) is 3.54. The van der Waals surface area contributed by atoms with Crippen molar-refractivity contribution in [3.63, 3.8) is 0 Å². The smallest absolute Gasteiger partial charge is 0.352 e. The van der Waals surface area contributed by atoms with Crippen molar-refractivity contribution in [1.82, 2.24) is 10.2 Å². The summed E-state index contributed by atoms with van der Waals surface area (Å²) in [4.78, 5) is 14.6. The summed E-state index contributed by atoms with van der Waals surface area (Å²) in [5.41, 5.74) is 0.479. The van der Waals surface area contributed by atoms with E-state index in [9.17, 15) is 18.0 Å². The Morgan fingerprint density at radius 1 is 1.10 bits per heavy atom. The van der Waals surface area contributed by atoms with Crippen molar-refractivity contribution in [2.45, 2.75) is 37.9 Å². The van der Waals surface area contributed by atoms with Crippen molar-refractivity contribution in [3.8, 4) is 0 Å². The van der Waals surface area contributed by atoms with Gasteiger partial charge in [-0.1, -0.05) is 29.8 Å². The van der Waals surface area contributed by atoms with Crippen LogP contribution in [0.15, 0.2) is 48.5 Å². The van der Waals surface area contributed by atoms with E-state index in [2.05, 4.69) is 36.4 Å². The van der Waals surface area contributed by atoms with Crippen LogP contribution >= 0.6 is 11.6 Å². The summed E-state index contributed by atoms with van der Waals surface area (Å²) in [6, 6.07) is 12.8. The number of rotatable bonds is 6. The first-order chi connectivity index (χ1) is 14.6. The first kappa shape index (κ1) is 23.6. The fourth-order valence-electron chi connectivity index (χ4n) is 4.54. The highest BCUT2D eigenvalue weighted by atomic mass is 35.5. The molecule has 0 aromatic heterocycles. The van der Waals surface area contributed by atoms with Crippen LogP contribution in [0.25, 0.3) is 0 Å². The second kappa shape index (κ2) is 10.0. The van der Waals surface area contributed by atoms with Gasteiger partial charge in [0.25, 0.3) is 5.91 Å². The zero-order valence-electron chi connectivity index (χ0n) is 17.8. The Morgan fingerprint density at radius 2 is 1.74 bits per heavy atom. The molecule has 0 bridgehead atoms. The lowest BCUT2D eigenvalue weighted by Gasteiger charge is -2.37. The lowest BCUT2D eigenvalue weighted by molar-refractivity contribution is -0.137. The monoisotopic (exact) mass is 452 g/mol. The van der Waals surface area contributed by atoms with E-state index in [1.807, 2.05) is 12.1 Å². The van der Waals surface area contributed by atoms with Gasteiger partial charge in [-0.25, -0.2) is 0 Å². The molecule has 168 valence electrons. The minimum atomic E-state index is -4.46. The third-order valence-electron chi connectivity index (χ3n) is 6.11. The van der Waals surface area contributed by atoms with Crippen LogP contribution < -0.4 is 5.32 Å². The number of carbonyl (C=O) groups excluding carboxylic acids is 1. The van der Waals surface area contributed by atoms with E-state index < -0.39 is 17.6 Å². The van der Waals surface area contributed by atoms with Gasteiger partial charge in [-0.15, -0.1) is 0 Å². The minimum Gasteiger partial charge on any atom is -0.352 e. The molecule has 1 N–H and O–H groups in total. The average Bonchev–Trinajstić information content (AvgIpc) is 2.74. The molecule has 1 aliphatic carbocycles. The summed E-state index contributed by atoms with van der Waals surface area (Å²) in [6.07, 6.45) is -0.427. The predicted octanol–water partition coefficient (Wildman–Crippen LogP) is 6.20. The maximum atomic E-state index is 12.9. The lowest BCUT2D eigenvalue weighted by Crippen LogP contribution is -2.34. The van der Waals surface area contributed by atoms with E-state index in [1.165, 1.54) is 17.7 Å². The number of hydrogen-bond donors (Lipinski definition) is 1. The number of nitrogens with one attached hydrogen (secondary N) is 1. The molecule has 2 aromatic rings. The third kappa shape index (κ3) is 6.23. The SMILES string of the molecule is CN(C)C(c1ccc(Cl)cc1)C1CCC(CNC(=O)c2cccc(C(F)(F)F)c2)CC1. The molecule has 3 rings (SSSR count). The standard InChI is InChI=1S/C24H28ClF3N2O/c1-30(2)22(18-10-12-21(25)13-11-18)17-8-6-16(7-9-17)15-29-23(31)19-4-3-5-20(14-19)24(26,27)28/h3-5,10-14,16-17,22H,6-9,15H2,1-2H3,(H,29,31). The third-order valence-corrected chi connectivity index (χ3v) is 6.36. The van der Waals surface area contributed by atoms with E-state index >= 15 is 0 Å². The predicted molar refractivity (Wildman–Crippen MR) is 117 cm³/mol. The quantitative estimate of drug-likeness (QED) is 0.566. The number of halogens is 4. The Morgan fingerprint density at radius 3 is 2.32 bits per heavy atom. The molecule has 31 heavy (non-hydrogen) atoms. The van der Waals surface area contributed by atoms with Gasteiger partial charge in [0.1, 0.15) is 0 Å². The fourth-order valence-corrected chi connectivity index (χ4v) is 4.66. The Hall–Kier alpha value is -2.05. The Kier molecular flexibility index (Phi) is 7.65. The molecule has 1 atom stereocenters. The summed E-state index contributed by atoms with van der Waals surface area (Å²) in [7, 11) is 4.17. The van der Waals surface area contributed by atoms with Crippen molar-refractivity contribution in [2.24, 2.45) is 11.8 Å². The van der Waals surface area contributed by atoms with Crippen LogP contribution in [0, 0.1) is 11.8 Å². The van der Waals surface area contributed by atoms with Crippen LogP contribution in [0.4, 0.5) is 13.2 Å². The molecule has 0 aliphatic heterocycles. The topological polar surface area (TPSA) is 32.3 Å². The molecule has 2 aromatic carbocycles. The molecule has 1 fully saturated rings. The first-order valence-corrected chi connectivity index (χ1v) is 10.9. The second-order valence-electron chi connectivity index (χ2n) is 8.53. The molecule has 7 heteroatoms. The van der Waals surface area contributed by atoms with Crippen LogP contribution in [0.2, 0.25) is 5.02 Å². The summed E-state index contributed by atoms with van der Waals surface area (Å²) >= 11 is 6.03. The molecule has 1 aliphatic rings. The van der Waals surface area contributed by atoms with E-state index in [0.29, 0.717) is 24.4 Å². The van der Waals surface area contributed by atoms with Gasteiger partial charge in [0.2, 0.25) is 0 Å². The number of benzene rings is 2. The number of amides is 1. The molecule has 0 heterocycles. The Bertz CT molecular complexity index is 875. The van der Waals surface area contributed by atoms with Gasteiger partial charge in [-0.05, 0) is 87.5 Å². The van der Waals surface area contributed by atoms with Gasteiger partial charge in [-0.2, -0.15) is 13.2 Å². The maximum absolute atomic E-state index is 12.9. The molecule has 3 nitrogen and oxygen atoms in total. The van der Waals surface area contributed by atoms with Crippen LogP contribution in [0.3, 0.4) is 0 Å². The molecule has 0 saturated heterocycles. The van der Waals surface area contributed by atoms with Crippen LogP contribution in [-0.4, -0.2) is 31.4 Å². The van der Waals surface area contributed by atoms with Gasteiger partial charge in [0, 0.05) is 23.2 Å². The first-order valence-electron chi connectivity index (χ1n) is 10.5. The maximum Gasteiger partial charge on any atom is 0.416 e. The van der Waals surface area contributed by atoms with Gasteiger partial charge in [0.15, 0.2) is 0 Å². The van der Waals surface area contributed by atoms with Crippen LogP contribution in [0.1, 0.15) is 53.2 Å². The van der Waals surface area contributed by atoms with E-state index in [-0.39, 0.29) is 5.56 Å². The molecule has 0 radical (unpaired) electrons. The van der Waals surface area contributed by atoms with Gasteiger partial charge in [0.05, 0.1) is 5.56 Å². The number of hydrogen-bond acceptors (Lipinski definition) is 2. The summed E-state index contributed by atoms with van der Waals surface area (Å²) in [6.45, 7) is 0.482. The molecule has 1 unspecified atom stereocenters. The minimum absolute atomic E-state index is 0.0407. The number of alkyl halides is 3. The molecular formula is C24H28ClF3N2O. The molecular weight excluding hydrogens is 425 g/mol. The van der Waals surface area contributed by atoms with Crippen molar-refractivity contribution in [2.75, 3.05) is 20.6 Å². The van der Waals surface area contributed by atoms with Crippen molar-refractivity contribution in [3.05, 3.63) is 70.2 Å². The highest BCUT2D eigenvalue weighted by Gasteiger charge is 2.32. The molecule has 0 spiro atoms. The van der Waals surface area contributed by atoms with E-state index in [1.54, 1.807) is 0 Å². The highest BCUT2D eigenvalue weighted by molar-refractivity contribution is 6.30. The van der Waals surface area contributed by atoms with Gasteiger partial charge in [-0.3, -0.25) is 4.79 Å². The average molecular weight is 453 g/mol. The summed E-state index contributed by atoms with van der Waals surface area (Å²) < 4.78 is 38.6. The number of carbonyl (C=O) groups is 1. The zero-order chi connectivity index (χ0) is 22.6.